The van der Waals surface area contributed by atoms with Crippen molar-refractivity contribution in [2.24, 2.45) is 0 Å². The van der Waals surface area contributed by atoms with Gasteiger partial charge in [-0.2, -0.15) is 0 Å². The van der Waals surface area contributed by atoms with E-state index < -0.39 is 5.97 Å². The van der Waals surface area contributed by atoms with Gasteiger partial charge in [-0.05, 0) is 15.9 Å². The molecule has 1 rings (SSSR count). The minimum Gasteiger partial charge on any atom is -0.481 e. The van der Waals surface area contributed by atoms with Crippen molar-refractivity contribution in [3.63, 3.8) is 0 Å². The number of thiazole rings is 1. The van der Waals surface area contributed by atoms with Gasteiger partial charge in [0, 0.05) is 5.41 Å². The Hall–Kier alpha value is -0.420. The Kier molecular flexibility index (Phi) is 3.32. The number of hydrogen-bond donors (Lipinski definition) is 1. The normalized spacial score (nSPS) is 11.7. The molecule has 0 aromatic carbocycles. The molecule has 0 fully saturated rings. The molecule has 1 heterocycles. The number of carboxylic acids is 1. The molecular formula is C9H12BrNO2S. The fourth-order valence-corrected chi connectivity index (χ4v) is 2.58. The Bertz CT molecular complexity index is 354. The van der Waals surface area contributed by atoms with E-state index in [0.29, 0.717) is 4.60 Å². The van der Waals surface area contributed by atoms with Crippen LogP contribution in [0.4, 0.5) is 0 Å². The van der Waals surface area contributed by atoms with E-state index in [1.807, 2.05) is 0 Å². The number of aliphatic carboxylic acids is 1. The quantitative estimate of drug-likeness (QED) is 0.905. The second-order valence-corrected chi connectivity index (χ2v) is 5.89. The van der Waals surface area contributed by atoms with Gasteiger partial charge in [0.05, 0.1) is 16.3 Å². The van der Waals surface area contributed by atoms with Crippen LogP contribution in [0.15, 0.2) is 4.60 Å². The van der Waals surface area contributed by atoms with Gasteiger partial charge in [-0.1, -0.05) is 20.8 Å². The van der Waals surface area contributed by atoms with E-state index in [1.54, 1.807) is 0 Å². The number of nitrogens with zero attached hydrogens (tertiary/aromatic N) is 1. The molecule has 0 saturated heterocycles. The Labute approximate surface area is 95.3 Å². The lowest BCUT2D eigenvalue weighted by Crippen LogP contribution is -2.09. The van der Waals surface area contributed by atoms with E-state index in [4.69, 9.17) is 5.11 Å². The summed E-state index contributed by atoms with van der Waals surface area (Å²) in [5.41, 5.74) is -0.0239. The zero-order valence-corrected chi connectivity index (χ0v) is 10.7. The van der Waals surface area contributed by atoms with Crippen molar-refractivity contribution in [2.75, 3.05) is 0 Å². The molecule has 0 saturated carbocycles. The number of carbonyl (C=O) groups is 1. The maximum Gasteiger partial charge on any atom is 0.308 e. The van der Waals surface area contributed by atoms with E-state index in [9.17, 15) is 4.79 Å². The van der Waals surface area contributed by atoms with Crippen molar-refractivity contribution >= 4 is 33.2 Å². The minimum atomic E-state index is -0.824. The predicted octanol–water partition coefficient (Wildman–Crippen LogP) is 2.83. The summed E-state index contributed by atoms with van der Waals surface area (Å²) in [7, 11) is 0. The smallest absolute Gasteiger partial charge is 0.308 e. The van der Waals surface area contributed by atoms with E-state index >= 15 is 0 Å². The summed E-state index contributed by atoms with van der Waals surface area (Å²) in [6.45, 7) is 6.18. The van der Waals surface area contributed by atoms with Gasteiger partial charge in [-0.15, -0.1) is 11.3 Å². The first-order chi connectivity index (χ1) is 6.30. The molecule has 0 amide bonds. The molecular weight excluding hydrogens is 266 g/mol. The zero-order valence-electron chi connectivity index (χ0n) is 8.30. The lowest BCUT2D eigenvalue weighted by Gasteiger charge is -2.13. The van der Waals surface area contributed by atoms with Crippen molar-refractivity contribution in [2.45, 2.75) is 32.6 Å². The van der Waals surface area contributed by atoms with E-state index in [1.165, 1.54) is 11.3 Å². The summed E-state index contributed by atoms with van der Waals surface area (Å²) in [6.07, 6.45) is 0.0360. The number of hydrogen-bond acceptors (Lipinski definition) is 3. The largest absolute Gasteiger partial charge is 0.481 e. The Morgan fingerprint density at radius 2 is 2.14 bits per heavy atom. The number of aromatic nitrogens is 1. The van der Waals surface area contributed by atoms with E-state index in [-0.39, 0.29) is 11.8 Å². The molecule has 0 unspecified atom stereocenters. The lowest BCUT2D eigenvalue weighted by atomic mass is 9.98. The lowest BCUT2D eigenvalue weighted by molar-refractivity contribution is -0.136. The molecule has 0 aliphatic rings. The molecule has 0 radical (unpaired) electrons. The van der Waals surface area contributed by atoms with Crippen LogP contribution in [-0.4, -0.2) is 16.1 Å². The van der Waals surface area contributed by atoms with Crippen LogP contribution in [0.25, 0.3) is 0 Å². The fraction of sp³-hybridized carbons (Fsp3) is 0.556. The van der Waals surface area contributed by atoms with Crippen molar-refractivity contribution < 1.29 is 9.90 Å². The second-order valence-electron chi connectivity index (χ2n) is 4.05. The van der Waals surface area contributed by atoms with Gasteiger partial charge in [-0.3, -0.25) is 4.79 Å². The maximum atomic E-state index is 10.5. The average molecular weight is 278 g/mol. The maximum absolute atomic E-state index is 10.5. The Morgan fingerprint density at radius 3 is 2.50 bits per heavy atom. The monoisotopic (exact) mass is 277 g/mol. The first-order valence-electron chi connectivity index (χ1n) is 4.18. The molecule has 1 N–H and O–H groups in total. The summed E-state index contributed by atoms with van der Waals surface area (Å²) < 4.78 is 0.662. The standard InChI is InChI=1S/C9H12BrNO2S/c1-9(2,3)8-11-7(10)5(14-8)4-6(12)13/h4H2,1-3H3,(H,12,13). The molecule has 0 bridgehead atoms. The third-order valence-corrected chi connectivity index (χ3v) is 4.00. The summed E-state index contributed by atoms with van der Waals surface area (Å²) in [6, 6.07) is 0. The Balaban J connectivity index is 2.99. The first-order valence-corrected chi connectivity index (χ1v) is 5.79. The summed E-state index contributed by atoms with van der Waals surface area (Å²) in [5, 5.41) is 9.62. The van der Waals surface area contributed by atoms with Crippen LogP contribution in [-0.2, 0) is 16.6 Å². The number of halogens is 1. The molecule has 78 valence electrons. The van der Waals surface area contributed by atoms with Gasteiger partial charge >= 0.3 is 5.97 Å². The fourth-order valence-electron chi connectivity index (χ4n) is 0.900. The van der Waals surface area contributed by atoms with Crippen molar-refractivity contribution in [3.8, 4) is 0 Å². The van der Waals surface area contributed by atoms with Crippen molar-refractivity contribution in [3.05, 3.63) is 14.5 Å². The average Bonchev–Trinajstić information content (AvgIpc) is 2.30. The summed E-state index contributed by atoms with van der Waals surface area (Å²) in [5.74, 6) is -0.824. The van der Waals surface area contributed by atoms with Gasteiger partial charge < -0.3 is 5.11 Å². The highest BCUT2D eigenvalue weighted by Gasteiger charge is 2.21. The van der Waals surface area contributed by atoms with Crippen LogP contribution in [0.1, 0.15) is 30.7 Å². The highest BCUT2D eigenvalue weighted by molar-refractivity contribution is 9.10. The van der Waals surface area contributed by atoms with Crippen LogP contribution in [0, 0.1) is 0 Å². The predicted molar refractivity (Wildman–Crippen MR) is 59.9 cm³/mol. The molecule has 0 spiro atoms. The molecule has 0 aliphatic heterocycles. The molecule has 1 aromatic heterocycles. The number of rotatable bonds is 2. The van der Waals surface area contributed by atoms with Crippen LogP contribution >= 0.6 is 27.3 Å². The van der Waals surface area contributed by atoms with Crippen molar-refractivity contribution in [1.29, 1.82) is 0 Å². The third kappa shape index (κ3) is 2.78. The van der Waals surface area contributed by atoms with Crippen LogP contribution in [0.5, 0.6) is 0 Å². The SMILES string of the molecule is CC(C)(C)c1nc(Br)c(CC(=O)O)s1. The number of carboxylic acid groups (broad SMARTS) is 1. The van der Waals surface area contributed by atoms with Gasteiger partial charge in [-0.25, -0.2) is 4.98 Å². The minimum absolute atomic E-state index is 0.0239. The first kappa shape index (κ1) is 11.7. The zero-order chi connectivity index (χ0) is 10.9. The molecule has 14 heavy (non-hydrogen) atoms. The molecule has 0 aliphatic carbocycles. The highest BCUT2D eigenvalue weighted by atomic mass is 79.9. The molecule has 3 nitrogen and oxygen atoms in total. The molecule has 1 aromatic rings. The van der Waals surface area contributed by atoms with E-state index in [2.05, 4.69) is 41.7 Å². The van der Waals surface area contributed by atoms with Gasteiger partial charge in [0.2, 0.25) is 0 Å². The topological polar surface area (TPSA) is 50.2 Å². The van der Waals surface area contributed by atoms with Crippen LogP contribution < -0.4 is 0 Å². The van der Waals surface area contributed by atoms with E-state index in [0.717, 1.165) is 9.88 Å². The van der Waals surface area contributed by atoms with Gasteiger partial charge in [0.15, 0.2) is 0 Å². The second kappa shape index (κ2) is 3.98. The Morgan fingerprint density at radius 1 is 1.57 bits per heavy atom. The van der Waals surface area contributed by atoms with Gasteiger partial charge in [0.25, 0.3) is 0 Å². The van der Waals surface area contributed by atoms with Crippen molar-refractivity contribution in [1.82, 2.24) is 4.98 Å². The summed E-state index contributed by atoms with van der Waals surface area (Å²) in [4.78, 5) is 15.6. The molecule has 0 atom stereocenters. The van der Waals surface area contributed by atoms with Crippen LogP contribution in [0.3, 0.4) is 0 Å². The van der Waals surface area contributed by atoms with Gasteiger partial charge in [0.1, 0.15) is 4.60 Å². The third-order valence-electron chi connectivity index (χ3n) is 1.60. The molecule has 5 heteroatoms. The summed E-state index contributed by atoms with van der Waals surface area (Å²) >= 11 is 4.73. The highest BCUT2D eigenvalue weighted by Crippen LogP contribution is 2.32. The van der Waals surface area contributed by atoms with Crippen LogP contribution in [0.2, 0.25) is 0 Å².